The van der Waals surface area contributed by atoms with Gasteiger partial charge >= 0.3 is 0 Å². The lowest BCUT2D eigenvalue weighted by Gasteiger charge is -2.31. The van der Waals surface area contributed by atoms with Crippen LogP contribution >= 0.6 is 11.8 Å². The zero-order valence-corrected chi connectivity index (χ0v) is 19.2. The van der Waals surface area contributed by atoms with E-state index in [9.17, 15) is 18.4 Å². The monoisotopic (exact) mass is 468 g/mol. The molecule has 0 unspecified atom stereocenters. The third-order valence-electron chi connectivity index (χ3n) is 5.19. The maximum absolute atomic E-state index is 13.4. The fourth-order valence-corrected chi connectivity index (χ4v) is 4.30. The number of halogens is 2. The third kappa shape index (κ3) is 7.43. The van der Waals surface area contributed by atoms with E-state index in [1.165, 1.54) is 36.0 Å². The highest BCUT2D eigenvalue weighted by molar-refractivity contribution is 7.99. The summed E-state index contributed by atoms with van der Waals surface area (Å²) in [5.41, 5.74) is 2.57. The van der Waals surface area contributed by atoms with Crippen LogP contribution in [0, 0.1) is 11.6 Å². The van der Waals surface area contributed by atoms with Gasteiger partial charge in [0.1, 0.15) is 17.7 Å². The molecule has 0 fully saturated rings. The summed E-state index contributed by atoms with van der Waals surface area (Å²) in [6, 6.07) is 20.8. The highest BCUT2D eigenvalue weighted by Gasteiger charge is 2.29. The molecule has 2 amide bonds. The molecule has 3 aromatic carbocycles. The van der Waals surface area contributed by atoms with E-state index >= 15 is 0 Å². The fourth-order valence-electron chi connectivity index (χ4n) is 3.43. The van der Waals surface area contributed by atoms with Crippen LogP contribution in [-0.2, 0) is 28.3 Å². The Morgan fingerprint density at radius 1 is 0.848 bits per heavy atom. The van der Waals surface area contributed by atoms with Crippen molar-refractivity contribution < 1.29 is 18.4 Å². The van der Waals surface area contributed by atoms with Crippen molar-refractivity contribution in [2.45, 2.75) is 24.8 Å². The van der Waals surface area contributed by atoms with Gasteiger partial charge in [-0.15, -0.1) is 11.8 Å². The zero-order valence-electron chi connectivity index (χ0n) is 18.3. The molecule has 0 heterocycles. The van der Waals surface area contributed by atoms with E-state index in [2.05, 4.69) is 5.32 Å². The quantitative estimate of drug-likeness (QED) is 0.474. The van der Waals surface area contributed by atoms with Crippen molar-refractivity contribution in [2.24, 2.45) is 0 Å². The predicted molar refractivity (Wildman–Crippen MR) is 128 cm³/mol. The summed E-state index contributed by atoms with van der Waals surface area (Å²) in [5.74, 6) is -0.437. The Kier molecular flexibility index (Phi) is 9.01. The summed E-state index contributed by atoms with van der Waals surface area (Å²) in [6.07, 6.45) is 0.357. The van der Waals surface area contributed by atoms with Crippen LogP contribution in [0.1, 0.15) is 16.7 Å². The number of amides is 2. The first-order chi connectivity index (χ1) is 16.0. The number of hydrogen-bond acceptors (Lipinski definition) is 3. The summed E-state index contributed by atoms with van der Waals surface area (Å²) in [4.78, 5) is 27.7. The molecule has 0 saturated carbocycles. The number of likely N-dealkylation sites (N-methyl/N-ethyl adjacent to an activating group) is 1. The van der Waals surface area contributed by atoms with E-state index in [-0.39, 0.29) is 35.7 Å². The Labute approximate surface area is 197 Å². The molecular formula is C26H26F2N2O2S. The lowest BCUT2D eigenvalue weighted by molar-refractivity contribution is -0.139. The Bertz CT molecular complexity index is 1040. The second-order valence-corrected chi connectivity index (χ2v) is 8.57. The van der Waals surface area contributed by atoms with Crippen LogP contribution < -0.4 is 5.32 Å². The second-order valence-electron chi connectivity index (χ2n) is 7.59. The lowest BCUT2D eigenvalue weighted by Crippen LogP contribution is -2.50. The smallest absolute Gasteiger partial charge is 0.242 e. The van der Waals surface area contributed by atoms with Crippen molar-refractivity contribution in [3.63, 3.8) is 0 Å². The van der Waals surface area contributed by atoms with Gasteiger partial charge < -0.3 is 10.2 Å². The number of carbonyl (C=O) groups excluding carboxylic acids is 2. The minimum absolute atomic E-state index is 0.154. The molecule has 4 nitrogen and oxygen atoms in total. The van der Waals surface area contributed by atoms with Crippen molar-refractivity contribution in [2.75, 3.05) is 12.8 Å². The van der Waals surface area contributed by atoms with Gasteiger partial charge in [-0.25, -0.2) is 8.78 Å². The molecule has 0 bridgehead atoms. The first kappa shape index (κ1) is 24.5. The average molecular weight is 469 g/mol. The number of hydrogen-bond donors (Lipinski definition) is 1. The Morgan fingerprint density at radius 2 is 1.42 bits per heavy atom. The third-order valence-corrected chi connectivity index (χ3v) is 6.18. The first-order valence-electron chi connectivity index (χ1n) is 10.6. The van der Waals surface area contributed by atoms with Crippen LogP contribution in [0.25, 0.3) is 0 Å². The van der Waals surface area contributed by atoms with Crippen LogP contribution in [-0.4, -0.2) is 35.6 Å². The standard InChI is InChI=1S/C26H26F2N2O2S/c1-29-26(32)24(15-19-5-3-2-4-6-19)30(16-20-7-11-22(27)12-8-20)25(31)18-33-17-21-9-13-23(28)14-10-21/h2-14,24H,15-18H2,1H3,(H,29,32)/t24-/m1/s1. The molecule has 0 aliphatic carbocycles. The lowest BCUT2D eigenvalue weighted by atomic mass is 10.0. The Hall–Kier alpha value is -3.19. The molecule has 3 aromatic rings. The van der Waals surface area contributed by atoms with E-state index in [1.54, 1.807) is 36.2 Å². The number of benzene rings is 3. The first-order valence-corrected chi connectivity index (χ1v) is 11.7. The molecule has 172 valence electrons. The minimum atomic E-state index is -0.721. The summed E-state index contributed by atoms with van der Waals surface area (Å²) in [5, 5.41) is 2.67. The van der Waals surface area contributed by atoms with E-state index in [0.29, 0.717) is 12.2 Å². The van der Waals surface area contributed by atoms with Crippen molar-refractivity contribution in [1.82, 2.24) is 10.2 Å². The topological polar surface area (TPSA) is 49.4 Å². The number of thioether (sulfide) groups is 1. The normalized spacial score (nSPS) is 11.6. The molecular weight excluding hydrogens is 442 g/mol. The SMILES string of the molecule is CNC(=O)[C@@H](Cc1ccccc1)N(Cc1ccc(F)cc1)C(=O)CSCc1ccc(F)cc1. The molecule has 7 heteroatoms. The van der Waals surface area contributed by atoms with Gasteiger partial charge in [-0.3, -0.25) is 9.59 Å². The zero-order chi connectivity index (χ0) is 23.6. The van der Waals surface area contributed by atoms with Crippen LogP contribution in [0.2, 0.25) is 0 Å². The second kappa shape index (κ2) is 12.2. The van der Waals surface area contributed by atoms with Crippen LogP contribution in [0.15, 0.2) is 78.9 Å². The van der Waals surface area contributed by atoms with Gasteiger partial charge in [0.2, 0.25) is 11.8 Å². The Balaban J connectivity index is 1.79. The molecule has 0 aliphatic rings. The van der Waals surface area contributed by atoms with E-state index in [0.717, 1.165) is 16.7 Å². The molecule has 0 saturated heterocycles. The summed E-state index contributed by atoms with van der Waals surface area (Å²) >= 11 is 1.40. The van der Waals surface area contributed by atoms with Gasteiger partial charge in [-0.1, -0.05) is 54.6 Å². The van der Waals surface area contributed by atoms with Gasteiger partial charge in [0.25, 0.3) is 0 Å². The van der Waals surface area contributed by atoms with Gasteiger partial charge in [0, 0.05) is 25.8 Å². The molecule has 3 rings (SSSR count). The van der Waals surface area contributed by atoms with Crippen molar-refractivity contribution >= 4 is 23.6 Å². The average Bonchev–Trinajstić information content (AvgIpc) is 2.83. The van der Waals surface area contributed by atoms with Crippen molar-refractivity contribution in [1.29, 1.82) is 0 Å². The van der Waals surface area contributed by atoms with Gasteiger partial charge in [-0.2, -0.15) is 0 Å². The molecule has 0 aliphatic heterocycles. The summed E-state index contributed by atoms with van der Waals surface area (Å²) in [7, 11) is 1.55. The molecule has 0 radical (unpaired) electrons. The minimum Gasteiger partial charge on any atom is -0.357 e. The number of nitrogens with one attached hydrogen (secondary N) is 1. The van der Waals surface area contributed by atoms with Crippen LogP contribution in [0.3, 0.4) is 0 Å². The maximum Gasteiger partial charge on any atom is 0.242 e. The number of nitrogens with zero attached hydrogens (tertiary/aromatic N) is 1. The van der Waals surface area contributed by atoms with Gasteiger partial charge in [0.15, 0.2) is 0 Å². The molecule has 0 aromatic heterocycles. The van der Waals surface area contributed by atoms with E-state index in [1.807, 2.05) is 30.3 Å². The van der Waals surface area contributed by atoms with Crippen LogP contribution in [0.4, 0.5) is 8.78 Å². The number of carbonyl (C=O) groups is 2. The molecule has 0 spiro atoms. The maximum atomic E-state index is 13.4. The highest BCUT2D eigenvalue weighted by Crippen LogP contribution is 2.19. The predicted octanol–water partition coefficient (Wildman–Crippen LogP) is 4.58. The van der Waals surface area contributed by atoms with Gasteiger partial charge in [-0.05, 0) is 41.0 Å². The molecule has 33 heavy (non-hydrogen) atoms. The van der Waals surface area contributed by atoms with Crippen LogP contribution in [0.5, 0.6) is 0 Å². The van der Waals surface area contributed by atoms with Crippen molar-refractivity contribution in [3.8, 4) is 0 Å². The highest BCUT2D eigenvalue weighted by atomic mass is 32.2. The largest absolute Gasteiger partial charge is 0.357 e. The van der Waals surface area contributed by atoms with E-state index < -0.39 is 6.04 Å². The van der Waals surface area contributed by atoms with E-state index in [4.69, 9.17) is 0 Å². The molecule has 1 atom stereocenters. The summed E-state index contributed by atoms with van der Waals surface area (Å²) in [6.45, 7) is 0.182. The van der Waals surface area contributed by atoms with Gasteiger partial charge in [0.05, 0.1) is 5.75 Å². The number of rotatable bonds is 10. The fraction of sp³-hybridized carbons (Fsp3) is 0.231. The Morgan fingerprint density at radius 3 is 2.00 bits per heavy atom. The summed E-state index contributed by atoms with van der Waals surface area (Å²) < 4.78 is 26.5. The molecule has 1 N–H and O–H groups in total. The van der Waals surface area contributed by atoms with Crippen molar-refractivity contribution in [3.05, 3.63) is 107 Å².